The number of aliphatic hydroxyl groups is 1. The largest absolute Gasteiger partial charge is 0.444 e. The van der Waals surface area contributed by atoms with Crippen molar-refractivity contribution in [2.75, 3.05) is 26.2 Å². The van der Waals surface area contributed by atoms with Crippen LogP contribution in [0.3, 0.4) is 0 Å². The quantitative estimate of drug-likeness (QED) is 0.371. The Morgan fingerprint density at radius 2 is 1.95 bits per heavy atom. The molecule has 2 amide bonds. The fourth-order valence-electron chi connectivity index (χ4n) is 4.86. The molecule has 43 heavy (non-hydrogen) atoms. The maximum atomic E-state index is 13.6. The van der Waals surface area contributed by atoms with Crippen LogP contribution in [0.2, 0.25) is 5.02 Å². The van der Waals surface area contributed by atoms with Crippen molar-refractivity contribution < 1.29 is 32.6 Å². The highest BCUT2D eigenvalue weighted by Crippen LogP contribution is 2.35. The van der Waals surface area contributed by atoms with E-state index in [0.29, 0.717) is 39.6 Å². The predicted molar refractivity (Wildman–Crippen MR) is 159 cm³/mol. The Kier molecular flexibility index (Phi) is 8.52. The van der Waals surface area contributed by atoms with E-state index in [1.807, 2.05) is 4.90 Å². The summed E-state index contributed by atoms with van der Waals surface area (Å²) in [5.41, 5.74) is -0.105. The lowest BCUT2D eigenvalue weighted by Crippen LogP contribution is -2.58. The smallest absolute Gasteiger partial charge is 0.416 e. The molecular weight excluding hydrogens is 607 g/mol. The number of rotatable bonds is 4. The van der Waals surface area contributed by atoms with Gasteiger partial charge in [-0.2, -0.15) is 23.3 Å². The van der Waals surface area contributed by atoms with E-state index in [4.69, 9.17) is 16.3 Å². The lowest BCUT2D eigenvalue weighted by atomic mass is 10.1. The number of aromatic nitrogens is 2. The van der Waals surface area contributed by atoms with Gasteiger partial charge in [-0.3, -0.25) is 14.4 Å². The zero-order valence-electron chi connectivity index (χ0n) is 23.6. The number of amidine groups is 1. The minimum absolute atomic E-state index is 0.00168. The number of aliphatic hydroxyl groups excluding tert-OH is 1. The maximum Gasteiger partial charge on any atom is 0.416 e. The van der Waals surface area contributed by atoms with E-state index >= 15 is 0 Å². The van der Waals surface area contributed by atoms with E-state index in [1.165, 1.54) is 33.5 Å². The number of piperazine rings is 1. The van der Waals surface area contributed by atoms with Gasteiger partial charge in [-0.25, -0.2) is 4.79 Å². The highest BCUT2D eigenvalue weighted by atomic mass is 35.5. The second-order valence-corrected chi connectivity index (χ2v) is 12.6. The van der Waals surface area contributed by atoms with Gasteiger partial charge < -0.3 is 14.7 Å². The first-order valence-corrected chi connectivity index (χ1v) is 14.6. The van der Waals surface area contributed by atoms with Crippen LogP contribution >= 0.6 is 23.4 Å². The summed E-state index contributed by atoms with van der Waals surface area (Å²) in [6.07, 6.45) is -1.80. The van der Waals surface area contributed by atoms with Crippen LogP contribution in [0.1, 0.15) is 37.5 Å². The van der Waals surface area contributed by atoms with Crippen molar-refractivity contribution in [3.63, 3.8) is 0 Å². The van der Waals surface area contributed by atoms with Gasteiger partial charge in [0.25, 0.3) is 5.91 Å². The molecule has 1 atom stereocenters. The van der Waals surface area contributed by atoms with Crippen molar-refractivity contribution in [2.45, 2.75) is 45.1 Å². The van der Waals surface area contributed by atoms with Gasteiger partial charge in [0.2, 0.25) is 0 Å². The van der Waals surface area contributed by atoms with Crippen LogP contribution in [0.4, 0.5) is 18.0 Å². The molecule has 0 aliphatic carbocycles. The monoisotopic (exact) mass is 635 g/mol. The summed E-state index contributed by atoms with van der Waals surface area (Å²) in [7, 11) is 0. The molecule has 2 aliphatic heterocycles. The minimum atomic E-state index is -4.56. The molecule has 2 aliphatic rings. The number of hydrogen-bond acceptors (Lipinski definition) is 7. The van der Waals surface area contributed by atoms with Crippen molar-refractivity contribution in [1.29, 1.82) is 0 Å². The van der Waals surface area contributed by atoms with Crippen LogP contribution in [0.25, 0.3) is 17.0 Å². The molecule has 0 spiro atoms. The summed E-state index contributed by atoms with van der Waals surface area (Å²) in [4.78, 5) is 33.3. The summed E-state index contributed by atoms with van der Waals surface area (Å²) in [6.45, 7) is 5.96. The van der Waals surface area contributed by atoms with Crippen molar-refractivity contribution >= 4 is 57.5 Å². The summed E-state index contributed by atoms with van der Waals surface area (Å²) in [5, 5.41) is 15.4. The van der Waals surface area contributed by atoms with Gasteiger partial charge in [-0.1, -0.05) is 23.7 Å². The number of amides is 2. The van der Waals surface area contributed by atoms with Crippen LogP contribution in [-0.2, 0) is 22.3 Å². The van der Waals surface area contributed by atoms with E-state index < -0.39 is 35.4 Å². The Morgan fingerprint density at radius 1 is 1.19 bits per heavy atom. The summed E-state index contributed by atoms with van der Waals surface area (Å²) < 4.78 is 47.6. The fraction of sp³-hybridized carbons (Fsp3) is 0.379. The molecule has 0 unspecified atom stereocenters. The minimum Gasteiger partial charge on any atom is -0.444 e. The molecule has 1 saturated heterocycles. The number of carbonyl (C=O) groups excluding carboxylic acids is 2. The summed E-state index contributed by atoms with van der Waals surface area (Å²) in [5.74, 6) is -0.409. The lowest BCUT2D eigenvalue weighted by Gasteiger charge is -2.41. The summed E-state index contributed by atoms with van der Waals surface area (Å²) >= 11 is 7.01. The Bertz CT molecular complexity index is 1630. The van der Waals surface area contributed by atoms with Gasteiger partial charge in [0, 0.05) is 30.0 Å². The van der Waals surface area contributed by atoms with Crippen LogP contribution in [0.15, 0.2) is 52.5 Å². The highest BCUT2D eigenvalue weighted by molar-refractivity contribution is 8.18. The molecule has 1 N–H and O–H groups in total. The fourth-order valence-corrected chi connectivity index (χ4v) is 5.98. The molecule has 1 aromatic heterocycles. The van der Waals surface area contributed by atoms with Gasteiger partial charge >= 0.3 is 12.3 Å². The average molecular weight is 636 g/mol. The predicted octanol–water partition coefficient (Wildman–Crippen LogP) is 5.64. The second kappa shape index (κ2) is 11.9. The second-order valence-electron chi connectivity index (χ2n) is 11.2. The third-order valence-electron chi connectivity index (χ3n) is 6.86. The number of nitrogens with zero attached hydrogens (tertiary/aromatic N) is 5. The number of ether oxygens (including phenoxy) is 1. The number of carbonyl (C=O) groups is 2. The number of halogens is 4. The lowest BCUT2D eigenvalue weighted by molar-refractivity contribution is -0.138. The van der Waals surface area contributed by atoms with Crippen molar-refractivity contribution in [1.82, 2.24) is 19.6 Å². The van der Waals surface area contributed by atoms with Gasteiger partial charge in [0.05, 0.1) is 41.4 Å². The molecule has 3 heterocycles. The molecule has 228 valence electrons. The Hall–Kier alpha value is -3.55. The first kappa shape index (κ1) is 30.9. The SMILES string of the molecule is CC(C)(C)OC(=O)N1CCN(C2=NC(=O)C(=Cc3ccc4c(cnn4Cc4ccc(Cl)cc4C(F)(F)F)c3)S2)C[C@H]1CO. The number of hydrogen-bond donors (Lipinski definition) is 1. The van der Waals surface area contributed by atoms with Crippen molar-refractivity contribution in [3.8, 4) is 0 Å². The van der Waals surface area contributed by atoms with Gasteiger partial charge in [-0.15, -0.1) is 0 Å². The maximum absolute atomic E-state index is 13.6. The molecule has 9 nitrogen and oxygen atoms in total. The number of benzene rings is 2. The molecule has 5 rings (SSSR count). The number of thioether (sulfide) groups is 1. The molecule has 1 fully saturated rings. The van der Waals surface area contributed by atoms with E-state index in [0.717, 1.165) is 6.07 Å². The molecular formula is C29H29ClF3N5O4S. The van der Waals surface area contributed by atoms with Crippen molar-refractivity contribution in [2.24, 2.45) is 4.99 Å². The Labute approximate surface area is 254 Å². The third-order valence-corrected chi connectivity index (χ3v) is 8.14. The van der Waals surface area contributed by atoms with Crippen LogP contribution < -0.4 is 0 Å². The molecule has 2 aromatic carbocycles. The molecule has 3 aromatic rings. The molecule has 0 radical (unpaired) electrons. The zero-order valence-corrected chi connectivity index (χ0v) is 25.1. The molecule has 14 heteroatoms. The van der Waals surface area contributed by atoms with Gasteiger partial charge in [-0.05, 0) is 74.0 Å². The van der Waals surface area contributed by atoms with E-state index in [9.17, 15) is 27.9 Å². The molecule has 0 bridgehead atoms. The van der Waals surface area contributed by atoms with E-state index in [-0.39, 0.29) is 30.3 Å². The van der Waals surface area contributed by atoms with Crippen LogP contribution in [0.5, 0.6) is 0 Å². The topological polar surface area (TPSA) is 100 Å². The zero-order chi connectivity index (χ0) is 31.1. The summed E-state index contributed by atoms with van der Waals surface area (Å²) in [6, 6.07) is 8.45. The van der Waals surface area contributed by atoms with E-state index in [1.54, 1.807) is 51.2 Å². The van der Waals surface area contributed by atoms with Gasteiger partial charge in [0.1, 0.15) is 5.60 Å². The number of fused-ring (bicyclic) bond motifs is 1. The standard InChI is InChI=1S/C29H29ClF3N5O4S/c1-28(2,3)42-27(41)37-9-8-36(15-21(37)16-39)26-35-25(40)24(43-26)11-17-4-7-23-19(10-17)13-34-38(23)14-18-5-6-20(30)12-22(18)29(31,32)33/h4-7,10-13,21,39H,8-9,14-16H2,1-3H3/t21-/m0/s1. The first-order valence-electron chi connectivity index (χ1n) is 13.4. The number of alkyl halides is 3. The van der Waals surface area contributed by atoms with Crippen molar-refractivity contribution in [3.05, 3.63) is 69.2 Å². The first-order chi connectivity index (χ1) is 20.2. The Balaban J connectivity index is 1.28. The van der Waals surface area contributed by atoms with Crippen LogP contribution in [0, 0.1) is 0 Å². The Morgan fingerprint density at radius 3 is 2.65 bits per heavy atom. The van der Waals surface area contributed by atoms with Crippen LogP contribution in [-0.4, -0.2) is 79.7 Å². The highest BCUT2D eigenvalue weighted by Gasteiger charge is 2.37. The van der Waals surface area contributed by atoms with Gasteiger partial charge in [0.15, 0.2) is 5.17 Å². The third kappa shape index (κ3) is 7.00. The normalized spacial score (nSPS) is 19.0. The molecule has 0 saturated carbocycles. The average Bonchev–Trinajstić information content (AvgIpc) is 3.50. The number of aliphatic imine (C=N–C) groups is 1. The van der Waals surface area contributed by atoms with E-state index in [2.05, 4.69) is 10.1 Å².